The van der Waals surface area contributed by atoms with Crippen molar-refractivity contribution in [3.63, 3.8) is 0 Å². The Morgan fingerprint density at radius 3 is 2.12 bits per heavy atom. The highest BCUT2D eigenvalue weighted by molar-refractivity contribution is 7.92. The van der Waals surface area contributed by atoms with Crippen LogP contribution in [0.3, 0.4) is 0 Å². The summed E-state index contributed by atoms with van der Waals surface area (Å²) < 4.78 is 52.2. The second-order valence-corrected chi connectivity index (χ2v) is 20.0. The third kappa shape index (κ3) is 12.6. The van der Waals surface area contributed by atoms with Crippen LogP contribution < -0.4 is 40.6 Å². The number of anilines is 2. The molecule has 0 aliphatic carbocycles. The van der Waals surface area contributed by atoms with Crippen molar-refractivity contribution in [2.75, 3.05) is 57.0 Å². The normalized spacial score (nSPS) is 14.7. The van der Waals surface area contributed by atoms with Gasteiger partial charge in [-0.3, -0.25) is 48.0 Å². The summed E-state index contributed by atoms with van der Waals surface area (Å²) in [6, 6.07) is 18.0. The molecule has 72 heavy (non-hydrogen) atoms. The summed E-state index contributed by atoms with van der Waals surface area (Å²) in [5.74, 6) is -1.12. The summed E-state index contributed by atoms with van der Waals surface area (Å²) in [7, 11) is 2.95. The molecule has 1 saturated heterocycles. The molecule has 0 bridgehead atoms. The summed E-state index contributed by atoms with van der Waals surface area (Å²) in [5.41, 5.74) is 1.87. The third-order valence-electron chi connectivity index (χ3n) is 12.5. The molecule has 1 atom stereocenters. The fraction of sp³-hybridized carbons (Fsp3) is 0.423. The van der Waals surface area contributed by atoms with E-state index in [1.165, 1.54) is 27.3 Å². The molecule has 19 nitrogen and oxygen atoms in total. The van der Waals surface area contributed by atoms with E-state index in [2.05, 4.69) is 25.6 Å². The van der Waals surface area contributed by atoms with Crippen LogP contribution in [0.4, 0.5) is 11.4 Å². The number of aryl methyl sites for hydroxylation is 2. The molecule has 4 aromatic carbocycles. The topological polar surface area (TPSA) is 229 Å². The van der Waals surface area contributed by atoms with Crippen molar-refractivity contribution in [2.24, 2.45) is 14.1 Å². The van der Waals surface area contributed by atoms with Crippen molar-refractivity contribution in [2.45, 2.75) is 88.5 Å². The number of nitrogens with zero attached hydrogens (tertiary/aromatic N) is 4. The Kier molecular flexibility index (Phi) is 17.4. The maximum atomic E-state index is 14.1. The number of imidazole rings is 1. The Morgan fingerprint density at radius 2 is 1.42 bits per heavy atom. The molecule has 3 heterocycles. The zero-order valence-corrected chi connectivity index (χ0v) is 42.3. The maximum Gasteiger partial charge on any atom is 0.328 e. The van der Waals surface area contributed by atoms with Gasteiger partial charge in [-0.1, -0.05) is 44.7 Å². The van der Waals surface area contributed by atoms with Gasteiger partial charge in [0.2, 0.25) is 11.8 Å². The van der Waals surface area contributed by atoms with Crippen LogP contribution >= 0.6 is 0 Å². The zero-order chi connectivity index (χ0) is 51.5. The predicted octanol–water partition coefficient (Wildman–Crippen LogP) is 6.56. The predicted molar refractivity (Wildman–Crippen MR) is 273 cm³/mol. The van der Waals surface area contributed by atoms with Gasteiger partial charge in [-0.2, -0.15) is 0 Å². The van der Waals surface area contributed by atoms with Crippen LogP contribution in [-0.4, -0.2) is 110 Å². The third-order valence-corrected chi connectivity index (χ3v) is 13.9. The van der Waals surface area contributed by atoms with Crippen molar-refractivity contribution >= 4 is 62.0 Å². The molecule has 2 aliphatic heterocycles. The first-order chi connectivity index (χ1) is 34.6. The smallest absolute Gasteiger partial charge is 0.328 e. The van der Waals surface area contributed by atoms with Crippen molar-refractivity contribution in [3.05, 3.63) is 100.0 Å². The molecule has 2 aliphatic rings. The number of ether oxygens (including phenoxy) is 3. The minimum atomic E-state index is -4.31. The highest BCUT2D eigenvalue weighted by Crippen LogP contribution is 2.38. The van der Waals surface area contributed by atoms with E-state index in [1.54, 1.807) is 68.7 Å². The molecule has 1 aromatic heterocycles. The van der Waals surface area contributed by atoms with Gasteiger partial charge in [-0.15, -0.1) is 0 Å². The van der Waals surface area contributed by atoms with Gasteiger partial charge >= 0.3 is 5.69 Å². The number of rotatable bonds is 26. The highest BCUT2D eigenvalue weighted by Gasteiger charge is 2.45. The van der Waals surface area contributed by atoms with Gasteiger partial charge in [0.25, 0.3) is 27.7 Å². The van der Waals surface area contributed by atoms with Crippen molar-refractivity contribution in [1.29, 1.82) is 0 Å². The number of hydrogen-bond donors (Lipinski definition) is 4. The maximum absolute atomic E-state index is 14.1. The number of unbranched alkanes of at least 4 members (excludes halogenated alkanes) is 6. The number of nitrogens with one attached hydrogen (secondary N) is 4. The first-order valence-corrected chi connectivity index (χ1v) is 26.0. The molecule has 384 valence electrons. The van der Waals surface area contributed by atoms with E-state index >= 15 is 0 Å². The van der Waals surface area contributed by atoms with Crippen LogP contribution in [0.25, 0.3) is 11.0 Å². The molecule has 0 spiro atoms. The minimum absolute atomic E-state index is 0.0504. The average molecular weight is 1010 g/mol. The van der Waals surface area contributed by atoms with Gasteiger partial charge in [-0.25, -0.2) is 13.2 Å². The number of fused-ring (bicyclic) bond motifs is 2. The number of sulfonamides is 1. The van der Waals surface area contributed by atoms with Crippen LogP contribution in [0.15, 0.2) is 82.5 Å². The van der Waals surface area contributed by atoms with E-state index in [4.69, 9.17) is 14.2 Å². The SMILES string of the molecule is CCCOc1cc(OCCCCN(C)C)cc(Oc2cc3c(cc2NS(=O)(=O)c2cccc(C(=O)NCCCCCCCCNc4cccc5c4C(=O)N(C4CCC(=O)NC4=O)C5=O)c2)n(C)c(=O)n3C)c1. The summed E-state index contributed by atoms with van der Waals surface area (Å²) in [6.07, 6.45) is 7.83. The Balaban J connectivity index is 0.911. The number of piperidine rings is 1. The highest BCUT2D eigenvalue weighted by atomic mass is 32.2. The first-order valence-electron chi connectivity index (χ1n) is 24.5. The lowest BCUT2D eigenvalue weighted by atomic mass is 10.0. The number of aromatic nitrogens is 2. The summed E-state index contributed by atoms with van der Waals surface area (Å²) >= 11 is 0. The molecule has 1 unspecified atom stereocenters. The van der Waals surface area contributed by atoms with Gasteiger partial charge in [-0.05, 0) is 95.6 Å². The number of carbonyl (C=O) groups is 5. The van der Waals surface area contributed by atoms with Gasteiger partial charge in [0, 0.05) is 69.1 Å². The Morgan fingerprint density at radius 1 is 0.750 bits per heavy atom. The quantitative estimate of drug-likeness (QED) is 0.0340. The van der Waals surface area contributed by atoms with Gasteiger partial charge in [0.05, 0.1) is 46.0 Å². The van der Waals surface area contributed by atoms with E-state index < -0.39 is 45.6 Å². The zero-order valence-electron chi connectivity index (χ0n) is 41.5. The Bertz CT molecular complexity index is 3000. The number of carbonyl (C=O) groups excluding carboxylic acids is 5. The number of benzene rings is 4. The number of hydrogen-bond acceptors (Lipinski definition) is 13. The molecule has 1 fully saturated rings. The summed E-state index contributed by atoms with van der Waals surface area (Å²) in [6.45, 7) is 4.82. The van der Waals surface area contributed by atoms with E-state index in [1.807, 2.05) is 21.0 Å². The van der Waals surface area contributed by atoms with Crippen LogP contribution in [0.2, 0.25) is 0 Å². The second-order valence-electron chi connectivity index (χ2n) is 18.3. The molecule has 0 radical (unpaired) electrons. The molecule has 4 N–H and O–H groups in total. The van der Waals surface area contributed by atoms with E-state index in [-0.39, 0.29) is 51.6 Å². The second kappa shape index (κ2) is 23.8. The molecule has 20 heteroatoms. The van der Waals surface area contributed by atoms with Crippen molar-refractivity contribution in [3.8, 4) is 23.0 Å². The number of imide groups is 2. The Hall–Kier alpha value is -7.19. The molecule has 0 saturated carbocycles. The van der Waals surface area contributed by atoms with Gasteiger partial charge < -0.3 is 29.7 Å². The van der Waals surface area contributed by atoms with Gasteiger partial charge in [0.15, 0.2) is 5.75 Å². The standard InChI is InChI=1S/C52H64N8O11S/c1-6-26-69-35-29-36(70-27-14-13-25-57(2)3)31-37(30-35)71-45-33-44-43(58(4)52(66)59(44)5)32-41(45)56-72(67,68)38-18-15-17-34(28-38)48(62)54-24-12-10-8-7-9-11-23-53-40-20-16-19-39-47(40)51(65)60(50(39)64)42-21-22-46(61)55-49(42)63/h15-20,28-33,42,53,56H,6-14,21-27H2,1-5H3,(H,54,62)(H,55,61,63). The van der Waals surface area contributed by atoms with E-state index in [0.717, 1.165) is 62.8 Å². The van der Waals surface area contributed by atoms with E-state index in [0.29, 0.717) is 66.7 Å². The minimum Gasteiger partial charge on any atom is -0.493 e. The summed E-state index contributed by atoms with van der Waals surface area (Å²) in [5, 5.41) is 8.38. The molecule has 5 aromatic rings. The fourth-order valence-corrected chi connectivity index (χ4v) is 9.79. The van der Waals surface area contributed by atoms with Crippen molar-refractivity contribution < 1.29 is 46.6 Å². The molecular weight excluding hydrogens is 945 g/mol. The lowest BCUT2D eigenvalue weighted by Gasteiger charge is -2.27. The van der Waals surface area contributed by atoms with Crippen LogP contribution in [0, 0.1) is 0 Å². The van der Waals surface area contributed by atoms with Crippen LogP contribution in [-0.2, 0) is 33.7 Å². The van der Waals surface area contributed by atoms with Crippen LogP contribution in [0.5, 0.6) is 23.0 Å². The summed E-state index contributed by atoms with van der Waals surface area (Å²) in [4.78, 5) is 79.8. The van der Waals surface area contributed by atoms with Crippen molar-refractivity contribution in [1.82, 2.24) is 29.6 Å². The Labute approximate surface area is 419 Å². The lowest BCUT2D eigenvalue weighted by molar-refractivity contribution is -0.136. The fourth-order valence-electron chi connectivity index (χ4n) is 8.68. The number of amides is 5. The molecule has 7 rings (SSSR count). The average Bonchev–Trinajstić information content (AvgIpc) is 3.72. The monoisotopic (exact) mass is 1010 g/mol. The molecule has 5 amide bonds. The van der Waals surface area contributed by atoms with Gasteiger partial charge in [0.1, 0.15) is 23.3 Å². The first kappa shape index (κ1) is 52.6. The largest absolute Gasteiger partial charge is 0.493 e. The lowest BCUT2D eigenvalue weighted by Crippen LogP contribution is -2.54. The molecular formula is C52H64N8O11S. The van der Waals surface area contributed by atoms with E-state index in [9.17, 15) is 37.2 Å². The van der Waals surface area contributed by atoms with Crippen LogP contribution in [0.1, 0.15) is 109 Å².